The number of methoxy groups -OCH3 is 1. The molecule has 0 bridgehead atoms. The first-order valence-electron chi connectivity index (χ1n) is 10.5. The Labute approximate surface area is 199 Å². The number of benzene rings is 2. The maximum Gasteiger partial charge on any atom is 0.324 e. The number of likely N-dealkylation sites (N-methyl/N-ethyl adjacent to an activating group) is 1. The van der Waals surface area contributed by atoms with Crippen LogP contribution in [-0.4, -0.2) is 45.7 Å². The number of rotatable bonds is 6. The van der Waals surface area contributed by atoms with Crippen molar-refractivity contribution in [3.8, 4) is 23.0 Å². The molecule has 190 valence electrons. The molecule has 2 aromatic rings. The first-order chi connectivity index (χ1) is 16.3. The van der Waals surface area contributed by atoms with Crippen molar-refractivity contribution >= 4 is 17.1 Å². The molecule has 3 rings (SSSR count). The fourth-order valence-electron chi connectivity index (χ4n) is 3.96. The topological polar surface area (TPSA) is 207 Å². The molecule has 1 aliphatic rings. The van der Waals surface area contributed by atoms with Crippen molar-refractivity contribution in [1.29, 1.82) is 0 Å². The van der Waals surface area contributed by atoms with Gasteiger partial charge in [-0.1, -0.05) is 13.8 Å². The summed E-state index contributed by atoms with van der Waals surface area (Å²) in [7, 11) is 3.85. The SMILES string of the molecule is COc1cc2c(cc1O)C(CC(C)C)[NH+](C)CC2.O=[N+]([O-])c1cc([N+](=O)[O-])c(O)c([N+](=O)[O-])c1[O-]. The number of quaternary nitrogens is 1. The summed E-state index contributed by atoms with van der Waals surface area (Å²) in [6.45, 7) is 5.66. The van der Waals surface area contributed by atoms with Crippen LogP contribution >= 0.6 is 0 Å². The van der Waals surface area contributed by atoms with Crippen LogP contribution in [0.5, 0.6) is 23.0 Å². The number of hydrogen-bond donors (Lipinski definition) is 3. The molecule has 0 aromatic heterocycles. The number of phenols is 2. The highest BCUT2D eigenvalue weighted by Gasteiger charge is 2.32. The molecule has 3 N–H and O–H groups in total. The Morgan fingerprint density at radius 3 is 2.14 bits per heavy atom. The number of aromatic hydroxyl groups is 2. The zero-order valence-electron chi connectivity index (χ0n) is 19.5. The highest BCUT2D eigenvalue weighted by Crippen LogP contribution is 2.46. The van der Waals surface area contributed by atoms with E-state index in [0.717, 1.165) is 19.4 Å². The van der Waals surface area contributed by atoms with Crippen LogP contribution in [0.3, 0.4) is 0 Å². The summed E-state index contributed by atoms with van der Waals surface area (Å²) in [5.41, 5.74) is -1.58. The van der Waals surface area contributed by atoms with Gasteiger partial charge < -0.3 is 25.0 Å². The van der Waals surface area contributed by atoms with E-state index in [4.69, 9.17) is 9.84 Å². The van der Waals surface area contributed by atoms with Crippen molar-refractivity contribution in [2.24, 2.45) is 5.92 Å². The lowest BCUT2D eigenvalue weighted by atomic mass is 9.87. The molecule has 0 saturated carbocycles. The minimum Gasteiger partial charge on any atom is -0.863 e. The Hall–Kier alpha value is -4.20. The molecule has 2 atom stereocenters. The fourth-order valence-corrected chi connectivity index (χ4v) is 3.96. The number of phenolic OH excluding ortho intramolecular Hbond substituents is 2. The number of nitrogens with zero attached hydrogens (tertiary/aromatic N) is 3. The van der Waals surface area contributed by atoms with Crippen LogP contribution in [0, 0.1) is 36.3 Å². The summed E-state index contributed by atoms with van der Waals surface area (Å²) in [4.78, 5) is 28.7. The summed E-state index contributed by atoms with van der Waals surface area (Å²) in [6.07, 6.45) is 2.22. The molecule has 1 heterocycles. The summed E-state index contributed by atoms with van der Waals surface area (Å²) < 4.78 is 5.20. The Kier molecular flexibility index (Phi) is 8.36. The monoisotopic (exact) mass is 494 g/mol. The molecule has 2 unspecified atom stereocenters. The molecule has 0 amide bonds. The molecule has 14 heteroatoms. The normalized spacial score (nSPS) is 16.6. The first-order valence-corrected chi connectivity index (χ1v) is 10.5. The molecule has 0 radical (unpaired) electrons. The maximum absolute atomic E-state index is 11.2. The van der Waals surface area contributed by atoms with E-state index >= 15 is 0 Å². The molecule has 14 nitrogen and oxygen atoms in total. The first kappa shape index (κ1) is 27.0. The summed E-state index contributed by atoms with van der Waals surface area (Å²) in [5, 5.41) is 61.4. The predicted octanol–water partition coefficient (Wildman–Crippen LogP) is 1.75. The molecule has 0 aliphatic carbocycles. The number of nitro benzene ring substituents is 3. The Morgan fingerprint density at radius 2 is 1.66 bits per heavy atom. The number of ether oxygens (including phenoxy) is 1. The van der Waals surface area contributed by atoms with Crippen molar-refractivity contribution in [3.05, 3.63) is 59.7 Å². The van der Waals surface area contributed by atoms with Gasteiger partial charge in [0, 0.05) is 18.4 Å². The number of nitro groups is 3. The van der Waals surface area contributed by atoms with E-state index in [1.807, 2.05) is 12.1 Å². The Balaban J connectivity index is 0.000000247. The van der Waals surface area contributed by atoms with Gasteiger partial charge in [0.05, 0.1) is 47.3 Å². The van der Waals surface area contributed by atoms with E-state index in [0.29, 0.717) is 17.7 Å². The van der Waals surface area contributed by atoms with Crippen LogP contribution in [0.1, 0.15) is 37.4 Å². The molecule has 0 fully saturated rings. The molecule has 0 saturated heterocycles. The van der Waals surface area contributed by atoms with Gasteiger partial charge in [-0.2, -0.15) is 0 Å². The van der Waals surface area contributed by atoms with Crippen molar-refractivity contribution in [3.63, 3.8) is 0 Å². The minimum absolute atomic E-state index is 0.171. The average molecular weight is 494 g/mol. The van der Waals surface area contributed by atoms with E-state index in [2.05, 4.69) is 20.9 Å². The van der Waals surface area contributed by atoms with E-state index < -0.39 is 43.3 Å². The van der Waals surface area contributed by atoms with Crippen LogP contribution < -0.4 is 14.7 Å². The van der Waals surface area contributed by atoms with Crippen LogP contribution in [0.25, 0.3) is 0 Å². The van der Waals surface area contributed by atoms with Crippen molar-refractivity contribution < 1.29 is 39.7 Å². The summed E-state index contributed by atoms with van der Waals surface area (Å²) in [6, 6.07) is 4.57. The highest BCUT2D eigenvalue weighted by atomic mass is 16.6. The average Bonchev–Trinajstić information content (AvgIpc) is 2.75. The second-order valence-electron chi connectivity index (χ2n) is 8.46. The molecule has 0 spiro atoms. The molecule has 1 aliphatic heterocycles. The standard InChI is InChI=1S/C15H23NO2.C6H3N3O8/c1-10(2)7-13-12-9-14(17)15(18-4)8-11(12)5-6-16(13)3;10-5-2(7(12)13)1-3(8(14)15)6(11)4(5)9(16)17/h8-10,13,17H,5-7H2,1-4H3;1,10-11H. The lowest BCUT2D eigenvalue weighted by Gasteiger charge is -2.33. The molecule has 35 heavy (non-hydrogen) atoms. The largest absolute Gasteiger partial charge is 0.863 e. The lowest BCUT2D eigenvalue weighted by Crippen LogP contribution is -3.10. The smallest absolute Gasteiger partial charge is 0.324 e. The van der Waals surface area contributed by atoms with E-state index in [1.165, 1.54) is 11.1 Å². The zero-order valence-corrected chi connectivity index (χ0v) is 19.5. The van der Waals surface area contributed by atoms with Gasteiger partial charge in [-0.25, -0.2) is 0 Å². The van der Waals surface area contributed by atoms with Crippen molar-refractivity contribution in [2.45, 2.75) is 32.7 Å². The number of hydrogen-bond acceptors (Lipinski definition) is 10. The van der Waals surface area contributed by atoms with Gasteiger partial charge in [0.1, 0.15) is 6.04 Å². The van der Waals surface area contributed by atoms with Gasteiger partial charge in [0.25, 0.3) is 11.4 Å². The van der Waals surface area contributed by atoms with E-state index in [9.17, 15) is 40.6 Å². The quantitative estimate of drug-likeness (QED) is 0.391. The fraction of sp³-hybridized carbons (Fsp3) is 0.429. The maximum atomic E-state index is 11.2. The van der Waals surface area contributed by atoms with Gasteiger partial charge in [-0.3, -0.25) is 30.3 Å². The van der Waals surface area contributed by atoms with Crippen LogP contribution in [0.15, 0.2) is 18.2 Å². The van der Waals surface area contributed by atoms with Gasteiger partial charge in [0.2, 0.25) is 0 Å². The Bertz CT molecular complexity index is 1110. The van der Waals surface area contributed by atoms with E-state index in [-0.39, 0.29) is 11.8 Å². The van der Waals surface area contributed by atoms with Gasteiger partial charge in [-0.15, -0.1) is 0 Å². The van der Waals surface area contributed by atoms with Gasteiger partial charge in [-0.05, 0) is 23.6 Å². The van der Waals surface area contributed by atoms with Crippen LogP contribution in [-0.2, 0) is 6.42 Å². The second kappa shape index (κ2) is 10.8. The number of fused-ring (bicyclic) bond motifs is 1. The molecule has 2 aromatic carbocycles. The minimum atomic E-state index is -1.69. The predicted molar refractivity (Wildman–Crippen MR) is 120 cm³/mol. The van der Waals surface area contributed by atoms with Crippen molar-refractivity contribution in [2.75, 3.05) is 20.7 Å². The lowest BCUT2D eigenvalue weighted by molar-refractivity contribution is -0.915. The third-order valence-electron chi connectivity index (χ3n) is 5.67. The third kappa shape index (κ3) is 5.84. The van der Waals surface area contributed by atoms with Crippen LogP contribution in [0.2, 0.25) is 0 Å². The van der Waals surface area contributed by atoms with Crippen molar-refractivity contribution in [1.82, 2.24) is 0 Å². The highest BCUT2D eigenvalue weighted by molar-refractivity contribution is 5.73. The second-order valence-corrected chi connectivity index (χ2v) is 8.46. The number of nitrogens with one attached hydrogen (secondary N) is 1. The summed E-state index contributed by atoms with van der Waals surface area (Å²) >= 11 is 0. The Morgan fingerprint density at radius 1 is 1.06 bits per heavy atom. The summed E-state index contributed by atoms with van der Waals surface area (Å²) in [5.74, 6) is -1.67. The third-order valence-corrected chi connectivity index (χ3v) is 5.67. The molecular weight excluding hydrogens is 468 g/mol. The van der Waals surface area contributed by atoms with E-state index in [1.54, 1.807) is 12.0 Å². The van der Waals surface area contributed by atoms with Gasteiger partial charge in [0.15, 0.2) is 11.5 Å². The molecular formula is C21H26N4O10. The zero-order chi connectivity index (χ0) is 26.6. The van der Waals surface area contributed by atoms with Crippen LogP contribution in [0.4, 0.5) is 17.1 Å². The van der Waals surface area contributed by atoms with Gasteiger partial charge >= 0.3 is 11.4 Å².